The highest BCUT2D eigenvalue weighted by Crippen LogP contribution is 2.17. The monoisotopic (exact) mass is 354 g/mol. The number of nitrogens with one attached hydrogen (secondary N) is 1. The fraction of sp³-hybridized carbons (Fsp3) is 0.588. The van der Waals surface area contributed by atoms with Gasteiger partial charge < -0.3 is 9.64 Å². The first kappa shape index (κ1) is 18.9. The zero-order valence-corrected chi connectivity index (χ0v) is 15.5. The summed E-state index contributed by atoms with van der Waals surface area (Å²) < 4.78 is 32.7. The van der Waals surface area contributed by atoms with Gasteiger partial charge in [0, 0.05) is 24.7 Å². The molecule has 1 aromatic rings. The Labute approximate surface area is 144 Å². The summed E-state index contributed by atoms with van der Waals surface area (Å²) in [4.78, 5) is 14.5. The number of benzene rings is 1. The van der Waals surface area contributed by atoms with Crippen LogP contribution in [0.25, 0.3) is 0 Å². The summed E-state index contributed by atoms with van der Waals surface area (Å²) in [7, 11) is -3.55. The molecule has 0 radical (unpaired) electrons. The number of rotatable bonds is 5. The lowest BCUT2D eigenvalue weighted by Crippen LogP contribution is -2.48. The molecule has 0 bridgehead atoms. The van der Waals surface area contributed by atoms with E-state index in [0.717, 1.165) is 0 Å². The lowest BCUT2D eigenvalue weighted by atomic mass is 10.1. The Morgan fingerprint density at radius 2 is 1.79 bits per heavy atom. The molecule has 6 nitrogen and oxygen atoms in total. The Balaban J connectivity index is 2.13. The third kappa shape index (κ3) is 4.55. The predicted molar refractivity (Wildman–Crippen MR) is 92.4 cm³/mol. The number of morpholine rings is 1. The van der Waals surface area contributed by atoms with Gasteiger partial charge in [-0.1, -0.05) is 6.92 Å². The van der Waals surface area contributed by atoms with Crippen molar-refractivity contribution in [2.45, 2.75) is 57.3 Å². The number of hydrogen-bond acceptors (Lipinski definition) is 4. The number of carbonyl (C=O) groups excluding carboxylic acids is 1. The van der Waals surface area contributed by atoms with E-state index in [9.17, 15) is 13.2 Å². The summed E-state index contributed by atoms with van der Waals surface area (Å²) in [6, 6.07) is 5.96. The Morgan fingerprint density at radius 1 is 1.25 bits per heavy atom. The summed E-state index contributed by atoms with van der Waals surface area (Å²) in [5, 5.41) is 0. The van der Waals surface area contributed by atoms with Gasteiger partial charge >= 0.3 is 0 Å². The maximum atomic E-state index is 12.6. The third-order valence-corrected chi connectivity index (χ3v) is 5.69. The molecule has 134 valence electrons. The highest BCUT2D eigenvalue weighted by atomic mass is 32.2. The Hall–Kier alpha value is -1.44. The van der Waals surface area contributed by atoms with Gasteiger partial charge in [-0.15, -0.1) is 0 Å². The van der Waals surface area contributed by atoms with E-state index in [4.69, 9.17) is 4.74 Å². The van der Waals surface area contributed by atoms with Gasteiger partial charge in [0.2, 0.25) is 10.0 Å². The minimum Gasteiger partial charge on any atom is -0.372 e. The van der Waals surface area contributed by atoms with Crippen molar-refractivity contribution in [2.24, 2.45) is 0 Å². The lowest BCUT2D eigenvalue weighted by Gasteiger charge is -2.35. The van der Waals surface area contributed by atoms with Crippen LogP contribution in [0.5, 0.6) is 0 Å². The zero-order valence-electron chi connectivity index (χ0n) is 14.7. The molecule has 1 aromatic carbocycles. The van der Waals surface area contributed by atoms with Crippen LogP contribution in [0, 0.1) is 0 Å². The van der Waals surface area contributed by atoms with Crippen LogP contribution in [0.2, 0.25) is 0 Å². The Morgan fingerprint density at radius 3 is 2.29 bits per heavy atom. The molecular formula is C17H26N2O4S. The zero-order chi connectivity index (χ0) is 17.9. The number of hydrogen-bond donors (Lipinski definition) is 1. The van der Waals surface area contributed by atoms with Crippen molar-refractivity contribution in [1.82, 2.24) is 9.62 Å². The number of nitrogens with zero attached hydrogens (tertiary/aromatic N) is 1. The van der Waals surface area contributed by atoms with E-state index in [1.807, 2.05) is 27.7 Å². The second-order valence-electron chi connectivity index (χ2n) is 6.42. The Kier molecular flexibility index (Phi) is 6.01. The first-order chi connectivity index (χ1) is 11.2. The van der Waals surface area contributed by atoms with Gasteiger partial charge in [0.25, 0.3) is 5.91 Å². The highest BCUT2D eigenvalue weighted by molar-refractivity contribution is 7.89. The number of ether oxygens (including phenoxy) is 1. The van der Waals surface area contributed by atoms with Crippen molar-refractivity contribution in [1.29, 1.82) is 0 Å². The third-order valence-electron chi connectivity index (χ3n) is 4.09. The topological polar surface area (TPSA) is 75.7 Å². The first-order valence-electron chi connectivity index (χ1n) is 8.30. The maximum absolute atomic E-state index is 12.6. The molecule has 2 rings (SSSR count). The minimum absolute atomic E-state index is 0.00270. The summed E-state index contributed by atoms with van der Waals surface area (Å²) in [6.45, 7) is 8.69. The standard InChI is InChI=1S/C17H26N2O4S/c1-5-12(2)18-24(21,22)16-8-6-15(7-9-16)17(20)19-10-13(3)23-14(4)11-19/h6-9,12-14,18H,5,10-11H2,1-4H3/t12-,13-,14+/m0/s1. The van der Waals surface area contributed by atoms with Gasteiger partial charge in [0.05, 0.1) is 17.1 Å². The lowest BCUT2D eigenvalue weighted by molar-refractivity contribution is -0.0586. The summed E-state index contributed by atoms with van der Waals surface area (Å²) in [5.41, 5.74) is 0.485. The molecule has 0 saturated carbocycles. The quantitative estimate of drug-likeness (QED) is 0.878. The average Bonchev–Trinajstić information content (AvgIpc) is 2.53. The minimum atomic E-state index is -3.55. The molecular weight excluding hydrogens is 328 g/mol. The molecule has 0 aliphatic carbocycles. The molecule has 3 atom stereocenters. The average molecular weight is 354 g/mol. The molecule has 0 unspecified atom stereocenters. The normalized spacial score (nSPS) is 23.1. The largest absolute Gasteiger partial charge is 0.372 e. The van der Waals surface area contributed by atoms with Crippen LogP contribution in [0.3, 0.4) is 0 Å². The van der Waals surface area contributed by atoms with E-state index >= 15 is 0 Å². The van der Waals surface area contributed by atoms with Gasteiger partial charge in [-0.25, -0.2) is 13.1 Å². The van der Waals surface area contributed by atoms with Crippen LogP contribution in [0.1, 0.15) is 44.5 Å². The molecule has 1 amide bonds. The molecule has 0 aromatic heterocycles. The van der Waals surface area contributed by atoms with E-state index in [0.29, 0.717) is 25.1 Å². The summed E-state index contributed by atoms with van der Waals surface area (Å²) in [6.07, 6.45) is 0.706. The number of carbonyl (C=O) groups is 1. The molecule has 7 heteroatoms. The van der Waals surface area contributed by atoms with Crippen molar-refractivity contribution >= 4 is 15.9 Å². The van der Waals surface area contributed by atoms with Gasteiger partial charge in [-0.3, -0.25) is 4.79 Å². The molecule has 1 aliphatic rings. The number of sulfonamides is 1. The molecule has 1 N–H and O–H groups in total. The molecule has 1 aliphatic heterocycles. The fourth-order valence-corrected chi connectivity index (χ4v) is 4.05. The van der Waals surface area contributed by atoms with Crippen LogP contribution in [0.15, 0.2) is 29.2 Å². The van der Waals surface area contributed by atoms with Gasteiger partial charge in [0.15, 0.2) is 0 Å². The maximum Gasteiger partial charge on any atom is 0.254 e. The van der Waals surface area contributed by atoms with Crippen molar-refractivity contribution in [2.75, 3.05) is 13.1 Å². The second kappa shape index (κ2) is 7.63. The van der Waals surface area contributed by atoms with Crippen molar-refractivity contribution in [3.8, 4) is 0 Å². The van der Waals surface area contributed by atoms with Gasteiger partial charge in [-0.2, -0.15) is 0 Å². The van der Waals surface area contributed by atoms with E-state index in [2.05, 4.69) is 4.72 Å². The van der Waals surface area contributed by atoms with Crippen LogP contribution in [-0.4, -0.2) is 50.6 Å². The van der Waals surface area contributed by atoms with E-state index in [1.165, 1.54) is 12.1 Å². The summed E-state index contributed by atoms with van der Waals surface area (Å²) >= 11 is 0. The molecule has 0 spiro atoms. The van der Waals surface area contributed by atoms with E-state index in [1.54, 1.807) is 17.0 Å². The van der Waals surface area contributed by atoms with E-state index < -0.39 is 10.0 Å². The SMILES string of the molecule is CC[C@H](C)NS(=O)(=O)c1ccc(C(=O)N2C[C@@H](C)O[C@@H](C)C2)cc1. The van der Waals surface area contributed by atoms with Crippen molar-refractivity contribution < 1.29 is 17.9 Å². The second-order valence-corrected chi connectivity index (χ2v) is 8.14. The number of amides is 1. The fourth-order valence-electron chi connectivity index (χ4n) is 2.72. The molecule has 24 heavy (non-hydrogen) atoms. The summed E-state index contributed by atoms with van der Waals surface area (Å²) in [5.74, 6) is -0.101. The highest BCUT2D eigenvalue weighted by Gasteiger charge is 2.27. The van der Waals surface area contributed by atoms with Crippen molar-refractivity contribution in [3.05, 3.63) is 29.8 Å². The van der Waals surface area contributed by atoms with Crippen LogP contribution >= 0.6 is 0 Å². The molecule has 1 heterocycles. The van der Waals surface area contributed by atoms with Crippen LogP contribution in [-0.2, 0) is 14.8 Å². The Bertz CT molecular complexity index is 662. The smallest absolute Gasteiger partial charge is 0.254 e. The van der Waals surface area contributed by atoms with Crippen molar-refractivity contribution in [3.63, 3.8) is 0 Å². The molecule has 1 saturated heterocycles. The van der Waals surface area contributed by atoms with Crippen LogP contribution < -0.4 is 4.72 Å². The molecule has 1 fully saturated rings. The van der Waals surface area contributed by atoms with E-state index in [-0.39, 0.29) is 29.1 Å². The van der Waals surface area contributed by atoms with Crippen LogP contribution in [0.4, 0.5) is 0 Å². The predicted octanol–water partition coefficient (Wildman–Crippen LogP) is 2.01. The van der Waals surface area contributed by atoms with Gasteiger partial charge in [0.1, 0.15) is 0 Å². The first-order valence-corrected chi connectivity index (χ1v) is 9.78. The van der Waals surface area contributed by atoms with Gasteiger partial charge in [-0.05, 0) is 51.5 Å².